The van der Waals surface area contributed by atoms with Crippen LogP contribution in [0.25, 0.3) is 11.4 Å². The minimum absolute atomic E-state index is 0.542. The Bertz CT molecular complexity index is 583. The van der Waals surface area contributed by atoms with E-state index in [9.17, 15) is 0 Å². The fraction of sp³-hybridized carbons (Fsp3) is 0.0909. The standard InChI is InChI=1S/C11H10N6/c1-2-4-9(5-3-1)11-14-10(15-16-11)6-17-8-12-7-13-17/h1-5,7-8H,6H2,(H,14,15,16). The van der Waals surface area contributed by atoms with Crippen LogP contribution in [0.4, 0.5) is 0 Å². The van der Waals surface area contributed by atoms with Crippen molar-refractivity contribution >= 4 is 0 Å². The zero-order valence-electron chi connectivity index (χ0n) is 8.98. The molecule has 6 nitrogen and oxygen atoms in total. The molecule has 0 spiro atoms. The van der Waals surface area contributed by atoms with Gasteiger partial charge in [0.15, 0.2) is 5.82 Å². The first-order chi connectivity index (χ1) is 8.42. The fourth-order valence-electron chi connectivity index (χ4n) is 1.55. The number of nitrogens with zero attached hydrogens (tertiary/aromatic N) is 5. The molecule has 6 heteroatoms. The minimum atomic E-state index is 0.542. The molecule has 0 saturated carbocycles. The van der Waals surface area contributed by atoms with Crippen LogP contribution in [0, 0.1) is 0 Å². The van der Waals surface area contributed by atoms with E-state index in [0.29, 0.717) is 12.4 Å². The molecule has 0 aliphatic rings. The molecule has 0 bridgehead atoms. The van der Waals surface area contributed by atoms with Gasteiger partial charge in [-0.25, -0.2) is 14.6 Å². The Hall–Kier alpha value is -2.50. The molecule has 17 heavy (non-hydrogen) atoms. The second-order valence-corrected chi connectivity index (χ2v) is 3.56. The molecule has 0 amide bonds. The van der Waals surface area contributed by atoms with Crippen LogP contribution in [0.5, 0.6) is 0 Å². The molecule has 0 saturated heterocycles. The molecule has 2 heterocycles. The Kier molecular flexibility index (Phi) is 2.38. The highest BCUT2D eigenvalue weighted by Gasteiger charge is 2.05. The van der Waals surface area contributed by atoms with Crippen molar-refractivity contribution in [2.75, 3.05) is 0 Å². The van der Waals surface area contributed by atoms with Gasteiger partial charge >= 0.3 is 0 Å². The summed E-state index contributed by atoms with van der Waals surface area (Å²) in [5.74, 6) is 1.45. The molecule has 1 aromatic carbocycles. The quantitative estimate of drug-likeness (QED) is 0.726. The summed E-state index contributed by atoms with van der Waals surface area (Å²) in [5, 5.41) is 11.1. The second kappa shape index (κ2) is 4.17. The van der Waals surface area contributed by atoms with E-state index in [0.717, 1.165) is 11.4 Å². The SMILES string of the molecule is c1ccc(-c2n[nH]c(Cn3cncn3)n2)cc1. The summed E-state index contributed by atoms with van der Waals surface area (Å²) in [6.07, 6.45) is 3.14. The first-order valence-electron chi connectivity index (χ1n) is 5.21. The smallest absolute Gasteiger partial charge is 0.181 e. The molecule has 0 unspecified atom stereocenters. The molecule has 0 aliphatic carbocycles. The average Bonchev–Trinajstić information content (AvgIpc) is 3.02. The maximum absolute atomic E-state index is 4.40. The fourth-order valence-corrected chi connectivity index (χ4v) is 1.55. The third-order valence-corrected chi connectivity index (χ3v) is 2.34. The van der Waals surface area contributed by atoms with Crippen LogP contribution in [0.2, 0.25) is 0 Å². The highest BCUT2D eigenvalue weighted by Crippen LogP contribution is 2.13. The van der Waals surface area contributed by atoms with Gasteiger partial charge in [-0.05, 0) is 0 Å². The van der Waals surface area contributed by atoms with Gasteiger partial charge in [-0.1, -0.05) is 30.3 Å². The van der Waals surface area contributed by atoms with E-state index in [1.54, 1.807) is 11.0 Å². The van der Waals surface area contributed by atoms with Gasteiger partial charge in [-0.2, -0.15) is 10.2 Å². The molecule has 84 valence electrons. The van der Waals surface area contributed by atoms with Crippen LogP contribution >= 0.6 is 0 Å². The van der Waals surface area contributed by atoms with Crippen LogP contribution in [0.15, 0.2) is 43.0 Å². The number of nitrogens with one attached hydrogen (secondary N) is 1. The molecule has 1 N–H and O–H groups in total. The lowest BCUT2D eigenvalue weighted by Crippen LogP contribution is -2.01. The van der Waals surface area contributed by atoms with Gasteiger partial charge in [0.1, 0.15) is 25.0 Å². The largest absolute Gasteiger partial charge is 0.261 e. The van der Waals surface area contributed by atoms with Gasteiger partial charge in [0.2, 0.25) is 0 Å². The molecule has 0 aliphatic heterocycles. The number of hydrogen-bond acceptors (Lipinski definition) is 4. The predicted octanol–water partition coefficient (Wildman–Crippen LogP) is 1.11. The van der Waals surface area contributed by atoms with Crippen molar-refractivity contribution in [1.29, 1.82) is 0 Å². The molecule has 0 fully saturated rings. The minimum Gasteiger partial charge on any atom is -0.261 e. The monoisotopic (exact) mass is 226 g/mol. The predicted molar refractivity (Wildman–Crippen MR) is 60.9 cm³/mol. The number of benzene rings is 1. The van der Waals surface area contributed by atoms with E-state index < -0.39 is 0 Å². The summed E-state index contributed by atoms with van der Waals surface area (Å²) < 4.78 is 1.69. The van der Waals surface area contributed by atoms with Crippen LogP contribution in [0.3, 0.4) is 0 Å². The number of H-pyrrole nitrogens is 1. The topological polar surface area (TPSA) is 72.3 Å². The Morgan fingerprint density at radius 1 is 1.18 bits per heavy atom. The van der Waals surface area contributed by atoms with Crippen molar-refractivity contribution in [1.82, 2.24) is 29.9 Å². The summed E-state index contributed by atoms with van der Waals surface area (Å²) in [5.41, 5.74) is 0.994. The van der Waals surface area contributed by atoms with E-state index >= 15 is 0 Å². The van der Waals surface area contributed by atoms with Gasteiger partial charge in [-0.3, -0.25) is 5.10 Å². The highest BCUT2D eigenvalue weighted by atomic mass is 15.3. The van der Waals surface area contributed by atoms with Crippen molar-refractivity contribution in [3.63, 3.8) is 0 Å². The third kappa shape index (κ3) is 2.05. The summed E-state index contributed by atoms with van der Waals surface area (Å²) in [6.45, 7) is 0.542. The van der Waals surface area contributed by atoms with E-state index in [1.165, 1.54) is 6.33 Å². The second-order valence-electron chi connectivity index (χ2n) is 3.56. The third-order valence-electron chi connectivity index (χ3n) is 2.34. The number of hydrogen-bond donors (Lipinski definition) is 1. The van der Waals surface area contributed by atoms with Gasteiger partial charge in [0.05, 0.1) is 0 Å². The normalized spacial score (nSPS) is 10.6. The van der Waals surface area contributed by atoms with Crippen LogP contribution < -0.4 is 0 Å². The molecule has 3 rings (SSSR count). The lowest BCUT2D eigenvalue weighted by atomic mass is 10.2. The first-order valence-corrected chi connectivity index (χ1v) is 5.21. The Morgan fingerprint density at radius 2 is 2.06 bits per heavy atom. The molecule has 0 atom stereocenters. The molecule has 3 aromatic rings. The Labute approximate surface area is 97.4 Å². The van der Waals surface area contributed by atoms with Gasteiger partial charge < -0.3 is 0 Å². The first kappa shape index (κ1) is 9.71. The highest BCUT2D eigenvalue weighted by molar-refractivity contribution is 5.53. The van der Waals surface area contributed by atoms with E-state index in [4.69, 9.17) is 0 Å². The maximum Gasteiger partial charge on any atom is 0.181 e. The van der Waals surface area contributed by atoms with Gasteiger partial charge in [0, 0.05) is 5.56 Å². The van der Waals surface area contributed by atoms with Crippen molar-refractivity contribution in [3.05, 3.63) is 48.8 Å². The number of rotatable bonds is 3. The van der Waals surface area contributed by atoms with Gasteiger partial charge in [0.25, 0.3) is 0 Å². The summed E-state index contributed by atoms with van der Waals surface area (Å²) in [4.78, 5) is 8.27. The van der Waals surface area contributed by atoms with Crippen LogP contribution in [-0.4, -0.2) is 29.9 Å². The Morgan fingerprint density at radius 3 is 2.82 bits per heavy atom. The van der Waals surface area contributed by atoms with Gasteiger partial charge in [-0.15, -0.1) is 0 Å². The summed E-state index contributed by atoms with van der Waals surface area (Å²) in [6, 6.07) is 9.84. The van der Waals surface area contributed by atoms with E-state index in [1.807, 2.05) is 30.3 Å². The van der Waals surface area contributed by atoms with E-state index in [-0.39, 0.29) is 0 Å². The van der Waals surface area contributed by atoms with Crippen molar-refractivity contribution in [2.24, 2.45) is 0 Å². The zero-order valence-corrected chi connectivity index (χ0v) is 8.98. The van der Waals surface area contributed by atoms with Crippen molar-refractivity contribution in [3.8, 4) is 11.4 Å². The Balaban J connectivity index is 1.84. The number of aromatic nitrogens is 6. The zero-order chi connectivity index (χ0) is 11.5. The summed E-state index contributed by atoms with van der Waals surface area (Å²) >= 11 is 0. The van der Waals surface area contributed by atoms with Crippen molar-refractivity contribution in [2.45, 2.75) is 6.54 Å². The molecule has 2 aromatic heterocycles. The molecule has 0 radical (unpaired) electrons. The molecular weight excluding hydrogens is 216 g/mol. The van der Waals surface area contributed by atoms with Crippen LogP contribution in [0.1, 0.15) is 5.82 Å². The molecular formula is C11H10N6. The average molecular weight is 226 g/mol. The van der Waals surface area contributed by atoms with E-state index in [2.05, 4.69) is 25.3 Å². The summed E-state index contributed by atoms with van der Waals surface area (Å²) in [7, 11) is 0. The maximum atomic E-state index is 4.40. The van der Waals surface area contributed by atoms with Crippen molar-refractivity contribution < 1.29 is 0 Å². The lowest BCUT2D eigenvalue weighted by molar-refractivity contribution is 0.656. The van der Waals surface area contributed by atoms with Crippen LogP contribution in [-0.2, 0) is 6.54 Å². The lowest BCUT2D eigenvalue weighted by Gasteiger charge is -1.94. The number of aromatic amines is 1.